The van der Waals surface area contributed by atoms with E-state index in [-0.39, 0.29) is 5.91 Å². The van der Waals surface area contributed by atoms with Gasteiger partial charge in [0, 0.05) is 10.7 Å². The number of benzene rings is 2. The van der Waals surface area contributed by atoms with Crippen LogP contribution in [0.1, 0.15) is 6.92 Å². The Labute approximate surface area is 187 Å². The monoisotopic (exact) mass is 458 g/mol. The molecule has 1 amide bonds. The standard InChI is InChI=1S/C21H16Cl2N4O2S/c1-13(20(28)24-17-10-9-14(22)12-16(17)23)30-21-26-25-19(18-8-5-11-29-18)27(21)15-6-3-2-4-7-15/h2-13H,1H3,(H,24,28). The number of aromatic nitrogens is 3. The summed E-state index contributed by atoms with van der Waals surface area (Å²) in [6.07, 6.45) is 1.58. The second kappa shape index (κ2) is 8.95. The molecular weight excluding hydrogens is 443 g/mol. The fourth-order valence-electron chi connectivity index (χ4n) is 2.76. The molecule has 30 heavy (non-hydrogen) atoms. The summed E-state index contributed by atoms with van der Waals surface area (Å²) in [5, 5.41) is 12.4. The number of nitrogens with zero attached hydrogens (tertiary/aromatic N) is 3. The molecule has 0 spiro atoms. The molecule has 0 radical (unpaired) electrons. The zero-order valence-electron chi connectivity index (χ0n) is 15.8. The maximum atomic E-state index is 12.7. The van der Waals surface area contributed by atoms with Gasteiger partial charge >= 0.3 is 0 Å². The van der Waals surface area contributed by atoms with Gasteiger partial charge in [-0.15, -0.1) is 10.2 Å². The van der Waals surface area contributed by atoms with Gasteiger partial charge in [-0.1, -0.05) is 53.2 Å². The van der Waals surface area contributed by atoms with Crippen LogP contribution in [0, 0.1) is 0 Å². The summed E-state index contributed by atoms with van der Waals surface area (Å²) >= 11 is 13.4. The first kappa shape index (κ1) is 20.5. The van der Waals surface area contributed by atoms with Gasteiger partial charge in [0.1, 0.15) is 0 Å². The topological polar surface area (TPSA) is 73.0 Å². The van der Waals surface area contributed by atoms with Crippen molar-refractivity contribution in [1.82, 2.24) is 14.8 Å². The quantitative estimate of drug-likeness (QED) is 0.361. The molecule has 4 aromatic rings. The first-order valence-corrected chi connectivity index (χ1v) is 10.6. The predicted octanol–water partition coefficient (Wildman–Crippen LogP) is 5.95. The van der Waals surface area contributed by atoms with E-state index in [1.165, 1.54) is 11.8 Å². The second-order valence-electron chi connectivity index (χ2n) is 6.33. The normalized spacial score (nSPS) is 12.0. The van der Waals surface area contributed by atoms with Crippen LogP contribution < -0.4 is 5.32 Å². The van der Waals surface area contributed by atoms with E-state index < -0.39 is 5.25 Å². The Hall–Kier alpha value is -2.74. The summed E-state index contributed by atoms with van der Waals surface area (Å²) in [4.78, 5) is 12.7. The van der Waals surface area contributed by atoms with Crippen molar-refractivity contribution in [3.05, 3.63) is 77.0 Å². The molecule has 1 N–H and O–H groups in total. The number of anilines is 1. The Morgan fingerprint density at radius 1 is 1.10 bits per heavy atom. The number of para-hydroxylation sites is 1. The van der Waals surface area contributed by atoms with Crippen molar-refractivity contribution in [1.29, 1.82) is 0 Å². The number of hydrogen-bond donors (Lipinski definition) is 1. The predicted molar refractivity (Wildman–Crippen MR) is 119 cm³/mol. The number of furan rings is 1. The van der Waals surface area contributed by atoms with Gasteiger partial charge in [-0.3, -0.25) is 9.36 Å². The van der Waals surface area contributed by atoms with Crippen molar-refractivity contribution in [2.45, 2.75) is 17.3 Å². The van der Waals surface area contributed by atoms with Gasteiger partial charge < -0.3 is 9.73 Å². The van der Waals surface area contributed by atoms with E-state index in [1.807, 2.05) is 41.0 Å². The van der Waals surface area contributed by atoms with Gasteiger partial charge in [-0.05, 0) is 49.4 Å². The van der Waals surface area contributed by atoms with Gasteiger partial charge in [0.15, 0.2) is 10.9 Å². The van der Waals surface area contributed by atoms with E-state index in [2.05, 4.69) is 15.5 Å². The SMILES string of the molecule is CC(Sc1nnc(-c2ccco2)n1-c1ccccc1)C(=O)Nc1ccc(Cl)cc1Cl. The molecule has 152 valence electrons. The van der Waals surface area contributed by atoms with Gasteiger partial charge in [0.05, 0.1) is 22.2 Å². The van der Waals surface area contributed by atoms with Gasteiger partial charge in [-0.2, -0.15) is 0 Å². The van der Waals surface area contributed by atoms with Gasteiger partial charge in [0.25, 0.3) is 0 Å². The van der Waals surface area contributed by atoms with Crippen molar-refractivity contribution in [3.8, 4) is 17.3 Å². The summed E-state index contributed by atoms with van der Waals surface area (Å²) in [7, 11) is 0. The van der Waals surface area contributed by atoms with Crippen LogP contribution in [0.3, 0.4) is 0 Å². The molecule has 4 rings (SSSR count). The molecule has 0 aliphatic heterocycles. The number of halogens is 2. The summed E-state index contributed by atoms with van der Waals surface area (Å²) in [6, 6.07) is 18.2. The molecular formula is C21H16Cl2N4O2S. The van der Waals surface area contributed by atoms with Crippen LogP contribution in [0.15, 0.2) is 76.5 Å². The third-order valence-corrected chi connectivity index (χ3v) is 5.82. The second-order valence-corrected chi connectivity index (χ2v) is 8.48. The largest absolute Gasteiger partial charge is 0.461 e. The third kappa shape index (κ3) is 4.38. The van der Waals surface area contributed by atoms with E-state index in [0.29, 0.717) is 32.5 Å². The van der Waals surface area contributed by atoms with E-state index in [0.717, 1.165) is 5.69 Å². The average Bonchev–Trinajstić information content (AvgIpc) is 3.40. The Bertz CT molecular complexity index is 1160. The lowest BCUT2D eigenvalue weighted by molar-refractivity contribution is -0.115. The lowest BCUT2D eigenvalue weighted by atomic mass is 10.3. The molecule has 0 aliphatic rings. The Kier molecular flexibility index (Phi) is 6.13. The smallest absolute Gasteiger partial charge is 0.237 e. The van der Waals surface area contributed by atoms with E-state index >= 15 is 0 Å². The molecule has 0 bridgehead atoms. The molecule has 0 aliphatic carbocycles. The Morgan fingerprint density at radius 3 is 2.60 bits per heavy atom. The van der Waals surface area contributed by atoms with Crippen LogP contribution in [0.25, 0.3) is 17.3 Å². The molecule has 6 nitrogen and oxygen atoms in total. The lowest BCUT2D eigenvalue weighted by Gasteiger charge is -2.14. The first-order valence-electron chi connectivity index (χ1n) is 9.00. The van der Waals surface area contributed by atoms with Crippen LogP contribution in [0.4, 0.5) is 5.69 Å². The molecule has 0 saturated heterocycles. The minimum atomic E-state index is -0.465. The molecule has 9 heteroatoms. The van der Waals surface area contributed by atoms with E-state index in [1.54, 1.807) is 37.5 Å². The highest BCUT2D eigenvalue weighted by Crippen LogP contribution is 2.31. The highest BCUT2D eigenvalue weighted by Gasteiger charge is 2.23. The molecule has 0 fully saturated rings. The Morgan fingerprint density at radius 2 is 1.90 bits per heavy atom. The average molecular weight is 459 g/mol. The highest BCUT2D eigenvalue weighted by atomic mass is 35.5. The van der Waals surface area contributed by atoms with Gasteiger partial charge in [0.2, 0.25) is 11.7 Å². The van der Waals surface area contributed by atoms with Crippen molar-refractivity contribution >= 4 is 46.6 Å². The number of thioether (sulfide) groups is 1. The fraction of sp³-hybridized carbons (Fsp3) is 0.0952. The van der Waals surface area contributed by atoms with Crippen molar-refractivity contribution in [3.63, 3.8) is 0 Å². The number of nitrogens with one attached hydrogen (secondary N) is 1. The van der Waals surface area contributed by atoms with Crippen molar-refractivity contribution in [2.75, 3.05) is 5.32 Å². The van der Waals surface area contributed by atoms with Crippen LogP contribution >= 0.6 is 35.0 Å². The van der Waals surface area contributed by atoms with Gasteiger partial charge in [-0.25, -0.2) is 0 Å². The zero-order chi connectivity index (χ0) is 21.1. The van der Waals surface area contributed by atoms with E-state index in [4.69, 9.17) is 27.6 Å². The minimum Gasteiger partial charge on any atom is -0.461 e. The van der Waals surface area contributed by atoms with Crippen LogP contribution in [-0.2, 0) is 4.79 Å². The summed E-state index contributed by atoms with van der Waals surface area (Å²) in [6.45, 7) is 1.79. The lowest BCUT2D eigenvalue weighted by Crippen LogP contribution is -2.23. The first-order chi connectivity index (χ1) is 14.5. The number of rotatable bonds is 6. The summed E-state index contributed by atoms with van der Waals surface area (Å²) in [5.41, 5.74) is 1.36. The van der Waals surface area contributed by atoms with E-state index in [9.17, 15) is 4.79 Å². The minimum absolute atomic E-state index is 0.216. The molecule has 1 unspecified atom stereocenters. The maximum Gasteiger partial charge on any atom is 0.237 e. The Balaban J connectivity index is 1.60. The number of amides is 1. The summed E-state index contributed by atoms with van der Waals surface area (Å²) in [5.74, 6) is 0.927. The molecule has 2 aromatic heterocycles. The fourth-order valence-corrected chi connectivity index (χ4v) is 4.08. The van der Waals surface area contributed by atoms with Crippen molar-refractivity contribution in [2.24, 2.45) is 0 Å². The number of carbonyl (C=O) groups excluding carboxylic acids is 1. The van der Waals surface area contributed by atoms with Crippen LogP contribution in [0.2, 0.25) is 10.0 Å². The number of carbonyl (C=O) groups is 1. The number of hydrogen-bond acceptors (Lipinski definition) is 5. The zero-order valence-corrected chi connectivity index (χ0v) is 18.1. The molecule has 0 saturated carbocycles. The maximum absolute atomic E-state index is 12.7. The molecule has 1 atom stereocenters. The third-order valence-electron chi connectivity index (χ3n) is 4.23. The highest BCUT2D eigenvalue weighted by molar-refractivity contribution is 8.00. The molecule has 2 heterocycles. The van der Waals surface area contributed by atoms with Crippen LogP contribution in [-0.4, -0.2) is 25.9 Å². The van der Waals surface area contributed by atoms with Crippen LogP contribution in [0.5, 0.6) is 0 Å². The molecule has 2 aromatic carbocycles. The van der Waals surface area contributed by atoms with Crippen molar-refractivity contribution < 1.29 is 9.21 Å². The summed E-state index contributed by atoms with van der Waals surface area (Å²) < 4.78 is 7.38.